The van der Waals surface area contributed by atoms with Gasteiger partial charge < -0.3 is 25.3 Å². The summed E-state index contributed by atoms with van der Waals surface area (Å²) in [4.78, 5) is 10.5. The fraction of sp³-hybridized carbons (Fsp3) is 0.500. The largest absolute Gasteiger partial charge is 0.493 e. The molecule has 6 heteroatoms. The number of primary amides is 1. The first-order valence-electron chi connectivity index (χ1n) is 6.49. The highest BCUT2D eigenvalue weighted by Crippen LogP contribution is 2.30. The van der Waals surface area contributed by atoms with Gasteiger partial charge in [-0.05, 0) is 24.1 Å². The molecule has 112 valence electrons. The normalized spacial score (nSPS) is 11.8. The molecule has 0 aliphatic carbocycles. The van der Waals surface area contributed by atoms with Gasteiger partial charge in [0.15, 0.2) is 11.5 Å². The average Bonchev–Trinajstić information content (AvgIpc) is 2.46. The second-order valence-corrected chi connectivity index (χ2v) is 4.20. The van der Waals surface area contributed by atoms with Gasteiger partial charge in [-0.3, -0.25) is 0 Å². The van der Waals surface area contributed by atoms with E-state index >= 15 is 0 Å². The molecule has 1 aromatic carbocycles. The molecule has 0 saturated carbocycles. The lowest BCUT2D eigenvalue weighted by Gasteiger charge is -2.19. The lowest BCUT2D eigenvalue weighted by atomic mass is 10.0. The maximum Gasteiger partial charge on any atom is 0.404 e. The lowest BCUT2D eigenvalue weighted by Crippen LogP contribution is -2.27. The molecular formula is C14H22N2O4. The number of hydrogen-bond acceptors (Lipinski definition) is 5. The van der Waals surface area contributed by atoms with E-state index in [-0.39, 0.29) is 12.6 Å². The van der Waals surface area contributed by atoms with Crippen molar-refractivity contribution in [2.24, 2.45) is 5.73 Å². The number of benzene rings is 1. The summed E-state index contributed by atoms with van der Waals surface area (Å²) in [5.41, 5.74) is 5.99. The maximum atomic E-state index is 10.5. The Labute approximate surface area is 119 Å². The van der Waals surface area contributed by atoms with Crippen LogP contribution < -0.4 is 20.5 Å². The first-order chi connectivity index (χ1) is 9.62. The van der Waals surface area contributed by atoms with Crippen LogP contribution in [0.1, 0.15) is 24.9 Å². The molecule has 20 heavy (non-hydrogen) atoms. The van der Waals surface area contributed by atoms with Crippen LogP contribution in [0.2, 0.25) is 0 Å². The molecule has 0 radical (unpaired) electrons. The molecule has 0 heterocycles. The predicted octanol–water partition coefficient (Wildman–Crippen LogP) is 1.84. The Morgan fingerprint density at radius 3 is 2.55 bits per heavy atom. The van der Waals surface area contributed by atoms with E-state index in [0.717, 1.165) is 12.0 Å². The van der Waals surface area contributed by atoms with E-state index in [1.807, 2.05) is 18.2 Å². The van der Waals surface area contributed by atoms with E-state index in [1.54, 1.807) is 14.2 Å². The minimum absolute atomic E-state index is 0.145. The molecule has 0 fully saturated rings. The van der Waals surface area contributed by atoms with Gasteiger partial charge in [0.1, 0.15) is 6.61 Å². The third-order valence-corrected chi connectivity index (χ3v) is 2.96. The molecule has 6 nitrogen and oxygen atoms in total. The van der Waals surface area contributed by atoms with Gasteiger partial charge in [-0.25, -0.2) is 4.79 Å². The molecule has 0 aliphatic rings. The standard InChI is InChI=1S/C14H22N2O4/c1-4-11(16-7-8-20-14(15)17)10-5-6-12(18-2)13(9-10)19-3/h5-6,9,11,16H,4,7-8H2,1-3H3,(H2,15,17). The number of hydrogen-bond donors (Lipinski definition) is 2. The third-order valence-electron chi connectivity index (χ3n) is 2.96. The van der Waals surface area contributed by atoms with E-state index < -0.39 is 6.09 Å². The van der Waals surface area contributed by atoms with E-state index in [4.69, 9.17) is 15.2 Å². The summed E-state index contributed by atoms with van der Waals surface area (Å²) >= 11 is 0. The highest BCUT2D eigenvalue weighted by Gasteiger charge is 2.12. The second-order valence-electron chi connectivity index (χ2n) is 4.20. The molecule has 0 saturated heterocycles. The van der Waals surface area contributed by atoms with Gasteiger partial charge in [-0.15, -0.1) is 0 Å². The van der Waals surface area contributed by atoms with Crippen molar-refractivity contribution in [2.75, 3.05) is 27.4 Å². The molecule has 0 aliphatic heterocycles. The minimum atomic E-state index is -0.758. The first-order valence-corrected chi connectivity index (χ1v) is 6.49. The Morgan fingerprint density at radius 1 is 1.30 bits per heavy atom. The van der Waals surface area contributed by atoms with E-state index in [9.17, 15) is 4.79 Å². The van der Waals surface area contributed by atoms with Gasteiger partial charge in [0.05, 0.1) is 14.2 Å². The summed E-state index contributed by atoms with van der Waals surface area (Å²) in [5, 5.41) is 3.30. The van der Waals surface area contributed by atoms with Gasteiger partial charge in [-0.1, -0.05) is 13.0 Å². The summed E-state index contributed by atoms with van der Waals surface area (Å²) in [6, 6.07) is 5.94. The monoisotopic (exact) mass is 282 g/mol. The van der Waals surface area contributed by atoms with E-state index in [1.165, 1.54) is 0 Å². The Kier molecular flexibility index (Phi) is 6.66. The minimum Gasteiger partial charge on any atom is -0.493 e. The van der Waals surface area contributed by atoms with Crippen molar-refractivity contribution in [3.05, 3.63) is 23.8 Å². The quantitative estimate of drug-likeness (QED) is 0.711. The molecule has 0 bridgehead atoms. The Morgan fingerprint density at radius 2 is 2.00 bits per heavy atom. The molecular weight excluding hydrogens is 260 g/mol. The third kappa shape index (κ3) is 4.62. The molecule has 1 amide bonds. The van der Waals surface area contributed by atoms with Crippen molar-refractivity contribution in [2.45, 2.75) is 19.4 Å². The van der Waals surface area contributed by atoms with Crippen molar-refractivity contribution < 1.29 is 19.0 Å². The van der Waals surface area contributed by atoms with Gasteiger partial charge in [0.2, 0.25) is 0 Å². The van der Waals surface area contributed by atoms with Crippen LogP contribution in [0.4, 0.5) is 4.79 Å². The smallest absolute Gasteiger partial charge is 0.404 e. The van der Waals surface area contributed by atoms with Crippen LogP contribution in [-0.2, 0) is 4.74 Å². The molecule has 1 rings (SSSR count). The number of carbonyl (C=O) groups excluding carboxylic acids is 1. The number of amides is 1. The van der Waals surface area contributed by atoms with Crippen molar-refractivity contribution in [1.29, 1.82) is 0 Å². The number of ether oxygens (including phenoxy) is 3. The molecule has 3 N–H and O–H groups in total. The van der Waals surface area contributed by atoms with Crippen molar-refractivity contribution in [1.82, 2.24) is 5.32 Å². The highest BCUT2D eigenvalue weighted by atomic mass is 16.5. The zero-order chi connectivity index (χ0) is 15.0. The van der Waals surface area contributed by atoms with E-state index in [2.05, 4.69) is 17.0 Å². The van der Waals surface area contributed by atoms with E-state index in [0.29, 0.717) is 18.0 Å². The molecule has 0 spiro atoms. The van der Waals surface area contributed by atoms with Crippen molar-refractivity contribution >= 4 is 6.09 Å². The Balaban J connectivity index is 2.67. The molecule has 1 unspecified atom stereocenters. The van der Waals surface area contributed by atoms with Crippen LogP contribution in [0.25, 0.3) is 0 Å². The fourth-order valence-electron chi connectivity index (χ4n) is 1.95. The predicted molar refractivity (Wildman–Crippen MR) is 76.1 cm³/mol. The maximum absolute atomic E-state index is 10.5. The zero-order valence-electron chi connectivity index (χ0n) is 12.1. The molecule has 0 aromatic heterocycles. The lowest BCUT2D eigenvalue weighted by molar-refractivity contribution is 0.156. The van der Waals surface area contributed by atoms with Gasteiger partial charge in [0.25, 0.3) is 0 Å². The first kappa shape index (κ1) is 16.1. The Bertz CT molecular complexity index is 437. The van der Waals surface area contributed by atoms with Crippen molar-refractivity contribution in [3.63, 3.8) is 0 Å². The van der Waals surface area contributed by atoms with Crippen LogP contribution in [-0.4, -0.2) is 33.5 Å². The summed E-state index contributed by atoms with van der Waals surface area (Å²) in [5.74, 6) is 1.39. The highest BCUT2D eigenvalue weighted by molar-refractivity contribution is 5.64. The molecule has 1 atom stereocenters. The number of rotatable bonds is 8. The number of carbonyl (C=O) groups is 1. The van der Waals surface area contributed by atoms with Gasteiger partial charge in [0, 0.05) is 12.6 Å². The number of methoxy groups -OCH3 is 2. The zero-order valence-corrected chi connectivity index (χ0v) is 12.1. The summed E-state index contributed by atoms with van der Waals surface area (Å²) in [6.07, 6.45) is 0.137. The van der Waals surface area contributed by atoms with Crippen LogP contribution in [0.5, 0.6) is 11.5 Å². The van der Waals surface area contributed by atoms with Gasteiger partial charge in [-0.2, -0.15) is 0 Å². The van der Waals surface area contributed by atoms with Crippen molar-refractivity contribution in [3.8, 4) is 11.5 Å². The van der Waals surface area contributed by atoms with Crippen LogP contribution >= 0.6 is 0 Å². The summed E-state index contributed by atoms with van der Waals surface area (Å²) in [7, 11) is 3.21. The second kappa shape index (κ2) is 8.27. The summed E-state index contributed by atoms with van der Waals surface area (Å²) < 4.78 is 15.2. The topological polar surface area (TPSA) is 82.8 Å². The number of nitrogens with one attached hydrogen (secondary N) is 1. The van der Waals surface area contributed by atoms with Crippen LogP contribution in [0.15, 0.2) is 18.2 Å². The molecule has 1 aromatic rings. The average molecular weight is 282 g/mol. The van der Waals surface area contributed by atoms with Crippen LogP contribution in [0, 0.1) is 0 Å². The van der Waals surface area contributed by atoms with Crippen LogP contribution in [0.3, 0.4) is 0 Å². The number of nitrogens with two attached hydrogens (primary N) is 1. The summed E-state index contributed by atoms with van der Waals surface area (Å²) in [6.45, 7) is 2.86. The SMILES string of the molecule is CCC(NCCOC(N)=O)c1ccc(OC)c(OC)c1. The Hall–Kier alpha value is -1.95. The fourth-order valence-corrected chi connectivity index (χ4v) is 1.95. The van der Waals surface area contributed by atoms with Gasteiger partial charge >= 0.3 is 6.09 Å².